The van der Waals surface area contributed by atoms with E-state index in [0.717, 1.165) is 0 Å². The van der Waals surface area contributed by atoms with Crippen LogP contribution < -0.4 is 10.0 Å². The lowest BCUT2D eigenvalue weighted by atomic mass is 10.3. The molecule has 2 N–H and O–H groups in total. The normalized spacial score (nSPS) is 12.2. The second kappa shape index (κ2) is 9.06. The van der Waals surface area contributed by atoms with Crippen molar-refractivity contribution < 1.29 is 22.7 Å². The maximum absolute atomic E-state index is 11.9. The Morgan fingerprint density at radius 3 is 2.57 bits per heavy atom. The van der Waals surface area contributed by atoms with Crippen LogP contribution in [0.25, 0.3) is 0 Å². The minimum atomic E-state index is -3.66. The highest BCUT2D eigenvalue weighted by Gasteiger charge is 2.18. The molecule has 1 atom stereocenters. The van der Waals surface area contributed by atoms with Crippen molar-refractivity contribution in [3.05, 3.63) is 43.0 Å². The van der Waals surface area contributed by atoms with Gasteiger partial charge in [0.25, 0.3) is 5.91 Å². The average molecular weight is 340 g/mol. The summed E-state index contributed by atoms with van der Waals surface area (Å²) in [5.41, 5.74) is 0. The first-order valence-electron chi connectivity index (χ1n) is 6.99. The summed E-state index contributed by atoms with van der Waals surface area (Å²) in [7, 11) is -3.66. The molecular weight excluding hydrogens is 320 g/mol. The second-order valence-corrected chi connectivity index (χ2v) is 6.39. The molecule has 8 heteroatoms. The Morgan fingerprint density at radius 2 is 1.96 bits per heavy atom. The maximum atomic E-state index is 11.9. The Morgan fingerprint density at radius 1 is 1.30 bits per heavy atom. The Balaban J connectivity index is 2.39. The predicted molar refractivity (Wildman–Crippen MR) is 85.0 cm³/mol. The summed E-state index contributed by atoms with van der Waals surface area (Å²) in [4.78, 5) is 23.2. The van der Waals surface area contributed by atoms with Gasteiger partial charge in [-0.05, 0) is 19.1 Å². The first-order chi connectivity index (χ1) is 10.9. The summed E-state index contributed by atoms with van der Waals surface area (Å²) in [5, 5.41) is 2.49. The molecule has 126 valence electrons. The molecule has 7 nitrogen and oxygen atoms in total. The smallest absolute Gasteiger partial charge is 0.307 e. The van der Waals surface area contributed by atoms with Gasteiger partial charge in [0.2, 0.25) is 10.0 Å². The molecule has 1 aromatic carbocycles. The number of esters is 1. The van der Waals surface area contributed by atoms with Crippen LogP contribution in [0.5, 0.6) is 0 Å². The van der Waals surface area contributed by atoms with E-state index in [1.807, 2.05) is 0 Å². The molecule has 0 unspecified atom stereocenters. The zero-order valence-corrected chi connectivity index (χ0v) is 13.6. The average Bonchev–Trinajstić information content (AvgIpc) is 2.53. The van der Waals surface area contributed by atoms with Crippen LogP contribution in [0.3, 0.4) is 0 Å². The van der Waals surface area contributed by atoms with Gasteiger partial charge in [-0.2, -0.15) is 0 Å². The number of sulfonamides is 1. The third-order valence-electron chi connectivity index (χ3n) is 2.77. The number of hydrogen-bond acceptors (Lipinski definition) is 5. The van der Waals surface area contributed by atoms with E-state index in [1.54, 1.807) is 18.2 Å². The van der Waals surface area contributed by atoms with Gasteiger partial charge >= 0.3 is 5.97 Å². The molecule has 0 spiro atoms. The Hall–Kier alpha value is -2.19. The van der Waals surface area contributed by atoms with E-state index in [4.69, 9.17) is 4.74 Å². The number of carbonyl (C=O) groups excluding carboxylic acids is 2. The molecule has 0 saturated carbocycles. The SMILES string of the molecule is C=CCNC(=O)[C@@H](C)OC(=O)CCNS(=O)(=O)c1ccccc1. The highest BCUT2D eigenvalue weighted by molar-refractivity contribution is 7.89. The Labute approximate surface area is 135 Å². The lowest BCUT2D eigenvalue weighted by Crippen LogP contribution is -2.36. The summed E-state index contributed by atoms with van der Waals surface area (Å²) in [6.07, 6.45) is 0.379. The van der Waals surface area contributed by atoms with Crippen LogP contribution in [0.2, 0.25) is 0 Å². The molecule has 1 amide bonds. The van der Waals surface area contributed by atoms with Gasteiger partial charge < -0.3 is 10.1 Å². The van der Waals surface area contributed by atoms with E-state index < -0.39 is 28.0 Å². The molecule has 0 aliphatic heterocycles. The van der Waals surface area contributed by atoms with Gasteiger partial charge in [-0.15, -0.1) is 6.58 Å². The number of nitrogens with one attached hydrogen (secondary N) is 2. The third kappa shape index (κ3) is 6.62. The van der Waals surface area contributed by atoms with E-state index in [1.165, 1.54) is 25.1 Å². The quantitative estimate of drug-likeness (QED) is 0.506. The van der Waals surface area contributed by atoms with Crippen LogP contribution in [-0.4, -0.2) is 39.5 Å². The predicted octanol–water partition coefficient (Wildman–Crippen LogP) is 0.589. The van der Waals surface area contributed by atoms with E-state index in [0.29, 0.717) is 0 Å². The van der Waals surface area contributed by atoms with Gasteiger partial charge in [0.1, 0.15) is 0 Å². The summed E-state index contributed by atoms with van der Waals surface area (Å²) >= 11 is 0. The molecule has 0 aliphatic carbocycles. The molecule has 1 rings (SSSR count). The van der Waals surface area contributed by atoms with Crippen molar-refractivity contribution >= 4 is 21.9 Å². The van der Waals surface area contributed by atoms with Crippen LogP contribution in [0.4, 0.5) is 0 Å². The van der Waals surface area contributed by atoms with Crippen molar-refractivity contribution in [2.75, 3.05) is 13.1 Å². The summed E-state index contributed by atoms with van der Waals surface area (Å²) in [6, 6.07) is 7.81. The molecule has 0 saturated heterocycles. The standard InChI is InChI=1S/C15H20N2O5S/c1-3-10-16-15(19)12(2)22-14(18)9-11-17-23(20,21)13-7-5-4-6-8-13/h3-8,12,17H,1,9-11H2,2H3,(H,16,19)/t12-/m1/s1. The van der Waals surface area contributed by atoms with Gasteiger partial charge in [-0.1, -0.05) is 24.3 Å². The first kappa shape index (κ1) is 18.9. The monoisotopic (exact) mass is 340 g/mol. The van der Waals surface area contributed by atoms with Crippen molar-refractivity contribution in [2.45, 2.75) is 24.3 Å². The molecule has 1 aromatic rings. The van der Waals surface area contributed by atoms with Gasteiger partial charge in [0, 0.05) is 13.1 Å². The lowest BCUT2D eigenvalue weighted by molar-refractivity contribution is -0.154. The molecule has 0 aliphatic rings. The number of amides is 1. The summed E-state index contributed by atoms with van der Waals surface area (Å²) in [6.45, 7) is 5.05. The molecule has 0 aromatic heterocycles. The topological polar surface area (TPSA) is 102 Å². The minimum absolute atomic E-state index is 0.114. The van der Waals surface area contributed by atoms with Crippen LogP contribution >= 0.6 is 0 Å². The number of hydrogen-bond donors (Lipinski definition) is 2. The van der Waals surface area contributed by atoms with E-state index in [2.05, 4.69) is 16.6 Å². The molecule has 0 radical (unpaired) electrons. The number of ether oxygens (including phenoxy) is 1. The van der Waals surface area contributed by atoms with Crippen LogP contribution in [-0.2, 0) is 24.3 Å². The van der Waals surface area contributed by atoms with Crippen molar-refractivity contribution in [3.8, 4) is 0 Å². The minimum Gasteiger partial charge on any atom is -0.453 e. The largest absolute Gasteiger partial charge is 0.453 e. The number of rotatable bonds is 9. The zero-order valence-electron chi connectivity index (χ0n) is 12.8. The van der Waals surface area contributed by atoms with Crippen molar-refractivity contribution in [1.29, 1.82) is 0 Å². The highest BCUT2D eigenvalue weighted by atomic mass is 32.2. The van der Waals surface area contributed by atoms with Crippen LogP contribution in [0.1, 0.15) is 13.3 Å². The van der Waals surface area contributed by atoms with Crippen molar-refractivity contribution in [2.24, 2.45) is 0 Å². The van der Waals surface area contributed by atoms with Crippen LogP contribution in [0.15, 0.2) is 47.9 Å². The summed E-state index contributed by atoms with van der Waals surface area (Å²) in [5.74, 6) is -1.11. The van der Waals surface area contributed by atoms with Crippen LogP contribution in [0, 0.1) is 0 Å². The first-order valence-corrected chi connectivity index (χ1v) is 8.48. The molecule has 0 fully saturated rings. The van der Waals surface area contributed by atoms with Gasteiger partial charge in [0.05, 0.1) is 11.3 Å². The summed E-state index contributed by atoms with van der Waals surface area (Å²) < 4.78 is 31.1. The van der Waals surface area contributed by atoms with E-state index in [-0.39, 0.29) is 24.4 Å². The molecular formula is C15H20N2O5S. The fraction of sp³-hybridized carbons (Fsp3) is 0.333. The van der Waals surface area contributed by atoms with Gasteiger partial charge in [-0.25, -0.2) is 13.1 Å². The maximum Gasteiger partial charge on any atom is 0.307 e. The third-order valence-corrected chi connectivity index (χ3v) is 4.25. The van der Waals surface area contributed by atoms with E-state index >= 15 is 0 Å². The van der Waals surface area contributed by atoms with Gasteiger partial charge in [0.15, 0.2) is 6.10 Å². The fourth-order valence-corrected chi connectivity index (χ4v) is 2.65. The molecule has 0 bridgehead atoms. The Kier molecular flexibility index (Phi) is 7.43. The van der Waals surface area contributed by atoms with Crippen molar-refractivity contribution in [3.63, 3.8) is 0 Å². The van der Waals surface area contributed by atoms with Gasteiger partial charge in [-0.3, -0.25) is 9.59 Å². The Bertz CT molecular complexity index is 643. The highest BCUT2D eigenvalue weighted by Crippen LogP contribution is 2.06. The lowest BCUT2D eigenvalue weighted by Gasteiger charge is -2.13. The van der Waals surface area contributed by atoms with E-state index in [9.17, 15) is 18.0 Å². The molecule has 23 heavy (non-hydrogen) atoms. The second-order valence-electron chi connectivity index (χ2n) is 4.63. The van der Waals surface area contributed by atoms with Crippen molar-refractivity contribution in [1.82, 2.24) is 10.0 Å². The number of benzene rings is 1. The molecule has 0 heterocycles. The zero-order chi connectivity index (χ0) is 17.3. The fourth-order valence-electron chi connectivity index (χ4n) is 1.60. The number of carbonyl (C=O) groups is 2.